The molecule has 1 amide bonds. The Morgan fingerprint density at radius 2 is 1.86 bits per heavy atom. The van der Waals surface area contributed by atoms with Gasteiger partial charge < -0.3 is 11.1 Å². The van der Waals surface area contributed by atoms with Crippen LogP contribution in [0.3, 0.4) is 0 Å². The first kappa shape index (κ1) is 16.8. The van der Waals surface area contributed by atoms with Gasteiger partial charge in [0.1, 0.15) is 5.75 Å². The van der Waals surface area contributed by atoms with E-state index in [1.807, 2.05) is 0 Å². The molecule has 0 bridgehead atoms. The van der Waals surface area contributed by atoms with Crippen molar-refractivity contribution >= 4 is 27.3 Å². The van der Waals surface area contributed by atoms with Gasteiger partial charge in [-0.2, -0.15) is 0 Å². The van der Waals surface area contributed by atoms with Crippen LogP contribution in [0.4, 0.5) is 11.4 Å². The van der Waals surface area contributed by atoms with Gasteiger partial charge in [-0.1, -0.05) is 19.1 Å². The molecule has 7 heteroatoms. The summed E-state index contributed by atoms with van der Waals surface area (Å²) in [4.78, 5) is 11.9. The molecule has 1 fully saturated rings. The van der Waals surface area contributed by atoms with Crippen LogP contribution in [-0.2, 0) is 14.8 Å². The van der Waals surface area contributed by atoms with E-state index in [9.17, 15) is 13.2 Å². The number of hydrogen-bond donors (Lipinski definition) is 3. The first-order chi connectivity index (χ1) is 10.4. The van der Waals surface area contributed by atoms with Crippen LogP contribution in [0.25, 0.3) is 0 Å². The molecule has 6 nitrogen and oxygen atoms in total. The number of nitrogen functional groups attached to an aromatic ring is 1. The van der Waals surface area contributed by atoms with Gasteiger partial charge in [0.25, 0.3) is 0 Å². The van der Waals surface area contributed by atoms with Crippen LogP contribution in [0.5, 0.6) is 0 Å². The van der Waals surface area contributed by atoms with Crippen LogP contribution in [0.2, 0.25) is 0 Å². The zero-order valence-corrected chi connectivity index (χ0v) is 13.5. The summed E-state index contributed by atoms with van der Waals surface area (Å²) in [6.07, 6.45) is 3.68. The number of para-hydroxylation sites is 2. The minimum atomic E-state index is -3.63. The molecule has 0 unspecified atom stereocenters. The van der Waals surface area contributed by atoms with Crippen molar-refractivity contribution in [1.29, 1.82) is 0 Å². The Morgan fingerprint density at radius 1 is 1.23 bits per heavy atom. The fourth-order valence-electron chi connectivity index (χ4n) is 2.64. The lowest BCUT2D eigenvalue weighted by Gasteiger charge is -2.26. The third-order valence-electron chi connectivity index (χ3n) is 3.92. The van der Waals surface area contributed by atoms with E-state index < -0.39 is 21.7 Å². The molecule has 122 valence electrons. The maximum Gasteiger partial charge on any atom is 0.241 e. The highest BCUT2D eigenvalue weighted by Gasteiger charge is 2.24. The lowest BCUT2D eigenvalue weighted by molar-refractivity contribution is -0.113. The van der Waals surface area contributed by atoms with E-state index in [2.05, 4.69) is 17.0 Å². The Kier molecular flexibility index (Phi) is 5.42. The number of hydrogen-bond acceptors (Lipinski definition) is 4. The summed E-state index contributed by atoms with van der Waals surface area (Å²) in [5, 5.41) is 2.53. The van der Waals surface area contributed by atoms with Gasteiger partial charge in [0, 0.05) is 6.04 Å². The summed E-state index contributed by atoms with van der Waals surface area (Å²) in [5.74, 6) is -0.535. The molecule has 0 heterocycles. The lowest BCUT2D eigenvalue weighted by atomic mass is 9.88. The average molecular weight is 325 g/mol. The lowest BCUT2D eigenvalue weighted by Crippen LogP contribution is -2.41. The number of benzene rings is 1. The first-order valence-corrected chi connectivity index (χ1v) is 9.15. The van der Waals surface area contributed by atoms with Crippen molar-refractivity contribution in [3.05, 3.63) is 24.3 Å². The van der Waals surface area contributed by atoms with Gasteiger partial charge in [-0.15, -0.1) is 0 Å². The smallest absolute Gasteiger partial charge is 0.241 e. The summed E-state index contributed by atoms with van der Waals surface area (Å²) < 4.78 is 26.8. The molecule has 1 saturated carbocycles. The highest BCUT2D eigenvalue weighted by atomic mass is 32.2. The monoisotopic (exact) mass is 325 g/mol. The Bertz CT molecular complexity index is 623. The van der Waals surface area contributed by atoms with Crippen molar-refractivity contribution in [1.82, 2.24) is 4.72 Å². The molecule has 0 radical (unpaired) electrons. The van der Waals surface area contributed by atoms with Crippen LogP contribution in [-0.4, -0.2) is 26.1 Å². The Balaban J connectivity index is 1.88. The Morgan fingerprint density at radius 3 is 2.50 bits per heavy atom. The van der Waals surface area contributed by atoms with Crippen LogP contribution in [0, 0.1) is 5.92 Å². The minimum absolute atomic E-state index is 0.0594. The van der Waals surface area contributed by atoms with Crippen molar-refractivity contribution in [2.24, 2.45) is 5.92 Å². The number of amides is 1. The molecule has 1 aromatic carbocycles. The fourth-order valence-corrected chi connectivity index (χ4v) is 3.89. The molecule has 22 heavy (non-hydrogen) atoms. The maximum atomic E-state index is 12.1. The number of carbonyl (C=O) groups is 1. The molecule has 0 saturated heterocycles. The summed E-state index contributed by atoms with van der Waals surface area (Å²) in [7, 11) is -3.63. The third kappa shape index (κ3) is 4.99. The molecule has 0 aliphatic heterocycles. The average Bonchev–Trinajstić information content (AvgIpc) is 2.43. The fraction of sp³-hybridized carbons (Fsp3) is 0.533. The molecule has 4 N–H and O–H groups in total. The van der Waals surface area contributed by atoms with Crippen LogP contribution in [0.1, 0.15) is 32.6 Å². The first-order valence-electron chi connectivity index (χ1n) is 7.50. The molecule has 0 aromatic heterocycles. The topological polar surface area (TPSA) is 101 Å². The number of carbonyl (C=O) groups excluding carboxylic acids is 1. The van der Waals surface area contributed by atoms with Gasteiger partial charge in [0.15, 0.2) is 0 Å². The highest BCUT2D eigenvalue weighted by Crippen LogP contribution is 2.24. The third-order valence-corrected chi connectivity index (χ3v) is 5.25. The molecule has 0 atom stereocenters. The Labute approximate surface area is 131 Å². The van der Waals surface area contributed by atoms with Crippen molar-refractivity contribution in [3.8, 4) is 0 Å². The quantitative estimate of drug-likeness (QED) is 0.717. The molecular formula is C15H23N3O3S. The second kappa shape index (κ2) is 7.11. The van der Waals surface area contributed by atoms with Gasteiger partial charge in [-0.25, -0.2) is 13.1 Å². The van der Waals surface area contributed by atoms with Crippen molar-refractivity contribution < 1.29 is 13.2 Å². The standard InChI is InChI=1S/C15H23N3O3S/c1-11-6-8-12(9-7-11)18-22(20,21)10-15(19)17-14-5-3-2-4-13(14)16/h2-5,11-12,18H,6-10,16H2,1H3,(H,17,19). The number of anilines is 2. The predicted octanol–water partition coefficient (Wildman–Crippen LogP) is 1.71. The summed E-state index contributed by atoms with van der Waals surface area (Å²) in [5.41, 5.74) is 6.55. The minimum Gasteiger partial charge on any atom is -0.397 e. The number of nitrogens with two attached hydrogens (primary N) is 1. The molecule has 1 aliphatic rings. The van der Waals surface area contributed by atoms with E-state index in [0.717, 1.165) is 25.7 Å². The predicted molar refractivity (Wildman–Crippen MR) is 87.8 cm³/mol. The summed E-state index contributed by atoms with van der Waals surface area (Å²) in [6.45, 7) is 2.17. The van der Waals surface area contributed by atoms with Gasteiger partial charge in [-0.3, -0.25) is 4.79 Å². The van der Waals surface area contributed by atoms with Crippen LogP contribution in [0.15, 0.2) is 24.3 Å². The molecular weight excluding hydrogens is 302 g/mol. The Hall–Kier alpha value is -1.60. The van der Waals surface area contributed by atoms with Crippen LogP contribution >= 0.6 is 0 Å². The van der Waals surface area contributed by atoms with Gasteiger partial charge in [0.2, 0.25) is 15.9 Å². The van der Waals surface area contributed by atoms with E-state index >= 15 is 0 Å². The summed E-state index contributed by atoms with van der Waals surface area (Å²) >= 11 is 0. The second-order valence-electron chi connectivity index (χ2n) is 5.97. The van der Waals surface area contributed by atoms with Crippen molar-refractivity contribution in [2.75, 3.05) is 16.8 Å². The van der Waals surface area contributed by atoms with Gasteiger partial charge >= 0.3 is 0 Å². The maximum absolute atomic E-state index is 12.1. The molecule has 2 rings (SSSR count). The van der Waals surface area contributed by atoms with Crippen LogP contribution < -0.4 is 15.8 Å². The number of rotatable bonds is 5. The van der Waals surface area contributed by atoms with Crippen molar-refractivity contribution in [2.45, 2.75) is 38.6 Å². The summed E-state index contributed by atoms with van der Waals surface area (Å²) in [6, 6.07) is 6.69. The molecule has 1 aromatic rings. The van der Waals surface area contributed by atoms with E-state index in [4.69, 9.17) is 5.73 Å². The number of nitrogens with one attached hydrogen (secondary N) is 2. The molecule has 1 aliphatic carbocycles. The SMILES string of the molecule is CC1CCC(NS(=O)(=O)CC(=O)Nc2ccccc2N)CC1. The zero-order valence-electron chi connectivity index (χ0n) is 12.7. The second-order valence-corrected chi connectivity index (χ2v) is 7.72. The highest BCUT2D eigenvalue weighted by molar-refractivity contribution is 7.90. The largest absolute Gasteiger partial charge is 0.397 e. The molecule has 0 spiro atoms. The zero-order chi connectivity index (χ0) is 16.2. The van der Waals surface area contributed by atoms with E-state index in [1.54, 1.807) is 24.3 Å². The van der Waals surface area contributed by atoms with Gasteiger partial charge in [0.05, 0.1) is 11.4 Å². The van der Waals surface area contributed by atoms with E-state index in [0.29, 0.717) is 17.3 Å². The normalized spacial score (nSPS) is 22.2. The van der Waals surface area contributed by atoms with Crippen molar-refractivity contribution in [3.63, 3.8) is 0 Å². The number of sulfonamides is 1. The van der Waals surface area contributed by atoms with E-state index in [1.165, 1.54) is 0 Å². The van der Waals surface area contributed by atoms with Gasteiger partial charge in [-0.05, 0) is 43.7 Å². The van der Waals surface area contributed by atoms with E-state index in [-0.39, 0.29) is 6.04 Å².